The fourth-order valence-electron chi connectivity index (χ4n) is 1.66. The first-order chi connectivity index (χ1) is 6.40. The highest BCUT2D eigenvalue weighted by Gasteiger charge is 2.25. The van der Waals surface area contributed by atoms with Crippen LogP contribution in [-0.4, -0.2) is 37.6 Å². The highest BCUT2D eigenvalue weighted by molar-refractivity contribution is 7.89. The van der Waals surface area contributed by atoms with E-state index in [9.17, 15) is 13.2 Å². The van der Waals surface area contributed by atoms with Crippen molar-refractivity contribution in [3.63, 3.8) is 0 Å². The molecule has 6 heteroatoms. The predicted octanol–water partition coefficient (Wildman–Crippen LogP) is -0.324. The molecule has 0 radical (unpaired) electrons. The van der Waals surface area contributed by atoms with Crippen molar-refractivity contribution in [2.45, 2.75) is 32.2 Å². The zero-order chi connectivity index (χ0) is 10.8. The Morgan fingerprint density at radius 2 is 2.21 bits per heavy atom. The lowest BCUT2D eigenvalue weighted by Crippen LogP contribution is -2.44. The van der Waals surface area contributed by atoms with Gasteiger partial charge in [-0.25, -0.2) is 13.6 Å². The van der Waals surface area contributed by atoms with Crippen LogP contribution in [0, 0.1) is 0 Å². The predicted molar refractivity (Wildman–Crippen MR) is 53.0 cm³/mol. The smallest absolute Gasteiger partial charge is 0.222 e. The summed E-state index contributed by atoms with van der Waals surface area (Å²) in [6.07, 6.45) is 2.36. The van der Waals surface area contributed by atoms with Gasteiger partial charge in [0, 0.05) is 19.0 Å². The van der Waals surface area contributed by atoms with Crippen LogP contribution in [0.25, 0.3) is 0 Å². The van der Waals surface area contributed by atoms with Crippen molar-refractivity contribution < 1.29 is 13.2 Å². The summed E-state index contributed by atoms with van der Waals surface area (Å²) in [6.45, 7) is 2.15. The van der Waals surface area contributed by atoms with Gasteiger partial charge in [0.1, 0.15) is 0 Å². The molecule has 1 aliphatic rings. The molecule has 82 valence electrons. The fraction of sp³-hybridized carbons (Fsp3) is 0.875. The molecule has 1 amide bonds. The van der Waals surface area contributed by atoms with Crippen LogP contribution in [-0.2, 0) is 14.8 Å². The number of likely N-dealkylation sites (tertiary alicyclic amines) is 1. The van der Waals surface area contributed by atoms with Gasteiger partial charge < -0.3 is 4.90 Å². The molecule has 1 heterocycles. The van der Waals surface area contributed by atoms with E-state index < -0.39 is 10.0 Å². The van der Waals surface area contributed by atoms with E-state index >= 15 is 0 Å². The molecule has 0 aromatic heterocycles. The van der Waals surface area contributed by atoms with Gasteiger partial charge in [-0.15, -0.1) is 0 Å². The minimum atomic E-state index is -3.46. The van der Waals surface area contributed by atoms with Gasteiger partial charge in [-0.3, -0.25) is 4.79 Å². The molecule has 0 aromatic rings. The highest BCUT2D eigenvalue weighted by atomic mass is 32.2. The standard InChI is InChI=1S/C8H16N2O3S/c1-7-3-2-4-8(11)10(7)5-6-14(9,12)13/h7H,2-6H2,1H3,(H2,9,12,13)/t7-/m1/s1. The molecule has 14 heavy (non-hydrogen) atoms. The number of piperidine rings is 1. The van der Waals surface area contributed by atoms with E-state index in [2.05, 4.69) is 0 Å². The summed E-state index contributed by atoms with van der Waals surface area (Å²) < 4.78 is 21.5. The first kappa shape index (κ1) is 11.5. The summed E-state index contributed by atoms with van der Waals surface area (Å²) in [5, 5.41) is 4.88. The maximum absolute atomic E-state index is 11.4. The normalized spacial score (nSPS) is 24.0. The molecule has 1 saturated heterocycles. The molecule has 2 N–H and O–H groups in total. The second kappa shape index (κ2) is 4.27. The van der Waals surface area contributed by atoms with Crippen LogP contribution < -0.4 is 5.14 Å². The minimum absolute atomic E-state index is 0.0346. The number of nitrogens with zero attached hydrogens (tertiary/aromatic N) is 1. The summed E-state index contributed by atoms with van der Waals surface area (Å²) in [4.78, 5) is 13.0. The van der Waals surface area contributed by atoms with E-state index in [1.807, 2.05) is 6.92 Å². The van der Waals surface area contributed by atoms with Crippen LogP contribution in [0.4, 0.5) is 0 Å². The first-order valence-corrected chi connectivity index (χ1v) is 6.41. The van der Waals surface area contributed by atoms with Gasteiger partial charge in [0.05, 0.1) is 5.75 Å². The summed E-state index contributed by atoms with van der Waals surface area (Å²) in [7, 11) is -3.46. The number of primary sulfonamides is 1. The largest absolute Gasteiger partial charge is 0.339 e. The number of hydrogen-bond acceptors (Lipinski definition) is 3. The Labute approximate surface area is 84.3 Å². The van der Waals surface area contributed by atoms with Crippen LogP contribution in [0.3, 0.4) is 0 Å². The van der Waals surface area contributed by atoms with Crippen molar-refractivity contribution in [3.8, 4) is 0 Å². The second-order valence-corrected chi connectivity index (χ2v) is 5.43. The number of rotatable bonds is 3. The van der Waals surface area contributed by atoms with E-state index in [0.29, 0.717) is 6.42 Å². The van der Waals surface area contributed by atoms with Gasteiger partial charge >= 0.3 is 0 Å². The molecule has 1 atom stereocenters. The Hall–Kier alpha value is -0.620. The summed E-state index contributed by atoms with van der Waals surface area (Å²) in [5.74, 6) is -0.115. The van der Waals surface area contributed by atoms with E-state index in [0.717, 1.165) is 12.8 Å². The molecular formula is C8H16N2O3S. The van der Waals surface area contributed by atoms with Gasteiger partial charge in [-0.2, -0.15) is 0 Å². The lowest BCUT2D eigenvalue weighted by Gasteiger charge is -2.33. The van der Waals surface area contributed by atoms with Gasteiger partial charge in [0.25, 0.3) is 0 Å². The zero-order valence-electron chi connectivity index (χ0n) is 8.27. The summed E-state index contributed by atoms with van der Waals surface area (Å²) in [5.41, 5.74) is 0. The number of carbonyl (C=O) groups excluding carboxylic acids is 1. The van der Waals surface area contributed by atoms with Crippen LogP contribution in [0.2, 0.25) is 0 Å². The maximum atomic E-state index is 11.4. The summed E-state index contributed by atoms with van der Waals surface area (Å²) in [6, 6.07) is 0.137. The number of hydrogen-bond donors (Lipinski definition) is 1. The molecule has 5 nitrogen and oxygen atoms in total. The van der Waals surface area contributed by atoms with Gasteiger partial charge in [0.15, 0.2) is 0 Å². The second-order valence-electron chi connectivity index (χ2n) is 3.70. The molecule has 0 saturated carbocycles. The monoisotopic (exact) mass is 220 g/mol. The Balaban J connectivity index is 2.53. The van der Waals surface area contributed by atoms with E-state index in [4.69, 9.17) is 5.14 Å². The minimum Gasteiger partial charge on any atom is -0.339 e. The van der Waals surface area contributed by atoms with Crippen molar-refractivity contribution in [1.29, 1.82) is 0 Å². The lowest BCUT2D eigenvalue weighted by molar-refractivity contribution is -0.135. The van der Waals surface area contributed by atoms with E-state index in [-0.39, 0.29) is 24.2 Å². The quantitative estimate of drug-likeness (QED) is 0.707. The van der Waals surface area contributed by atoms with Crippen molar-refractivity contribution in [1.82, 2.24) is 4.90 Å². The van der Waals surface area contributed by atoms with Crippen LogP contribution >= 0.6 is 0 Å². The molecule has 0 spiro atoms. The van der Waals surface area contributed by atoms with Gasteiger partial charge in [-0.1, -0.05) is 0 Å². The van der Waals surface area contributed by atoms with Crippen molar-refractivity contribution in [2.75, 3.05) is 12.3 Å². The third kappa shape index (κ3) is 3.26. The van der Waals surface area contributed by atoms with Crippen LogP contribution in [0.5, 0.6) is 0 Å². The van der Waals surface area contributed by atoms with E-state index in [1.54, 1.807) is 4.90 Å². The zero-order valence-corrected chi connectivity index (χ0v) is 9.09. The average molecular weight is 220 g/mol. The molecule has 1 rings (SSSR count). The average Bonchev–Trinajstić information content (AvgIpc) is 2.01. The van der Waals surface area contributed by atoms with Crippen molar-refractivity contribution in [3.05, 3.63) is 0 Å². The van der Waals surface area contributed by atoms with Crippen LogP contribution in [0.15, 0.2) is 0 Å². The molecule has 0 unspecified atom stereocenters. The SMILES string of the molecule is C[C@@H]1CCCC(=O)N1CCS(N)(=O)=O. The van der Waals surface area contributed by atoms with Crippen molar-refractivity contribution in [2.24, 2.45) is 5.14 Å². The number of amides is 1. The lowest BCUT2D eigenvalue weighted by atomic mass is 10.0. The number of sulfonamides is 1. The summed E-state index contributed by atoms with van der Waals surface area (Å²) >= 11 is 0. The van der Waals surface area contributed by atoms with Crippen LogP contribution in [0.1, 0.15) is 26.2 Å². The topological polar surface area (TPSA) is 80.5 Å². The molecule has 0 aliphatic carbocycles. The molecular weight excluding hydrogens is 204 g/mol. The Morgan fingerprint density at radius 3 is 2.71 bits per heavy atom. The molecule has 1 fully saturated rings. The Morgan fingerprint density at radius 1 is 1.57 bits per heavy atom. The van der Waals surface area contributed by atoms with Gasteiger partial charge in [0.2, 0.25) is 15.9 Å². The third-order valence-electron chi connectivity index (χ3n) is 2.48. The number of carbonyl (C=O) groups is 1. The molecule has 0 bridgehead atoms. The Bertz CT molecular complexity index is 313. The Kier molecular flexibility index (Phi) is 3.49. The molecule has 0 aromatic carbocycles. The fourth-order valence-corrected chi connectivity index (χ4v) is 2.12. The third-order valence-corrected chi connectivity index (χ3v) is 3.23. The van der Waals surface area contributed by atoms with E-state index in [1.165, 1.54) is 0 Å². The highest BCUT2D eigenvalue weighted by Crippen LogP contribution is 2.17. The molecule has 1 aliphatic heterocycles. The van der Waals surface area contributed by atoms with Crippen molar-refractivity contribution >= 4 is 15.9 Å². The number of nitrogens with two attached hydrogens (primary N) is 1. The van der Waals surface area contributed by atoms with Gasteiger partial charge in [-0.05, 0) is 19.8 Å². The first-order valence-electron chi connectivity index (χ1n) is 4.70. The maximum Gasteiger partial charge on any atom is 0.222 e.